The van der Waals surface area contributed by atoms with Crippen LogP contribution in [0.25, 0.3) is 10.9 Å². The van der Waals surface area contributed by atoms with Crippen LogP contribution in [0.5, 0.6) is 0 Å². The molecule has 22 heavy (non-hydrogen) atoms. The number of fused-ring (bicyclic) bond motifs is 1. The molecule has 0 unspecified atom stereocenters. The van der Waals surface area contributed by atoms with Crippen LogP contribution in [0.1, 0.15) is 21.8 Å². The third-order valence-corrected chi connectivity index (χ3v) is 3.83. The number of aliphatic hydroxyl groups is 1. The minimum atomic E-state index is -0.137. The van der Waals surface area contributed by atoms with Crippen LogP contribution in [-0.2, 0) is 0 Å². The average molecular weight is 294 g/mol. The molecule has 0 bridgehead atoms. The lowest BCUT2D eigenvalue weighted by atomic mass is 10.00. The molecule has 1 aromatic heterocycles. The Bertz CT molecular complexity index is 765. The minimum absolute atomic E-state index is 0.00298. The highest BCUT2D eigenvalue weighted by Crippen LogP contribution is 2.18. The maximum Gasteiger partial charge on any atom is 0.253 e. The molecule has 0 saturated carbocycles. The highest BCUT2D eigenvalue weighted by Gasteiger charge is 2.14. The lowest BCUT2D eigenvalue weighted by molar-refractivity contribution is 0.0949. The number of aliphatic hydroxyl groups excluding tert-OH is 1. The fraction of sp³-hybridized carbons (Fsp3) is 0.167. The summed E-state index contributed by atoms with van der Waals surface area (Å²) < 4.78 is 0. The van der Waals surface area contributed by atoms with E-state index in [1.807, 2.05) is 54.7 Å². The Balaban J connectivity index is 1.73. The van der Waals surface area contributed by atoms with Crippen molar-refractivity contribution in [2.45, 2.75) is 5.92 Å². The summed E-state index contributed by atoms with van der Waals surface area (Å²) in [4.78, 5) is 15.5. The predicted molar refractivity (Wildman–Crippen MR) is 86.9 cm³/mol. The van der Waals surface area contributed by atoms with Gasteiger partial charge in [0, 0.05) is 24.0 Å². The smallest absolute Gasteiger partial charge is 0.253 e. The molecule has 1 atom stereocenters. The van der Waals surface area contributed by atoms with Gasteiger partial charge in [-0.05, 0) is 17.7 Å². The van der Waals surface area contributed by atoms with Crippen molar-refractivity contribution in [1.29, 1.82) is 0 Å². The number of benzene rings is 2. The summed E-state index contributed by atoms with van der Waals surface area (Å²) in [6, 6.07) is 17.3. The molecule has 0 spiro atoms. The van der Waals surface area contributed by atoms with E-state index in [0.717, 1.165) is 16.5 Å². The summed E-state index contributed by atoms with van der Waals surface area (Å²) in [6.45, 7) is 0.396. The van der Waals surface area contributed by atoms with Crippen molar-refractivity contribution < 1.29 is 9.90 Å². The number of carbonyl (C=O) groups excluding carboxylic acids is 1. The number of amides is 1. The Morgan fingerprint density at radius 2 is 1.91 bits per heavy atom. The van der Waals surface area contributed by atoms with Gasteiger partial charge in [0.15, 0.2) is 0 Å². The Hall–Kier alpha value is -2.59. The van der Waals surface area contributed by atoms with Crippen LogP contribution in [0.4, 0.5) is 0 Å². The summed E-state index contributed by atoms with van der Waals surface area (Å²) in [6.07, 6.45) is 1.82. The summed E-state index contributed by atoms with van der Waals surface area (Å²) >= 11 is 0. The molecule has 4 heteroatoms. The molecule has 0 radical (unpaired) electrons. The lowest BCUT2D eigenvalue weighted by Crippen LogP contribution is -2.30. The number of hydrogen-bond acceptors (Lipinski definition) is 2. The number of para-hydroxylation sites is 1. The zero-order valence-electron chi connectivity index (χ0n) is 12.1. The zero-order chi connectivity index (χ0) is 15.4. The molecule has 0 aliphatic rings. The van der Waals surface area contributed by atoms with Crippen LogP contribution in [0, 0.1) is 0 Å². The van der Waals surface area contributed by atoms with Crippen LogP contribution >= 0.6 is 0 Å². The van der Waals surface area contributed by atoms with Crippen LogP contribution in [0.2, 0.25) is 0 Å². The van der Waals surface area contributed by atoms with Gasteiger partial charge in [0.05, 0.1) is 17.7 Å². The fourth-order valence-electron chi connectivity index (χ4n) is 2.60. The Kier molecular flexibility index (Phi) is 4.21. The number of aromatic amines is 1. The molecule has 3 aromatic rings. The van der Waals surface area contributed by atoms with Crippen LogP contribution in [0.3, 0.4) is 0 Å². The average Bonchev–Trinajstić information content (AvgIpc) is 3.04. The standard InChI is InChI=1S/C18H18N2O2/c21-12-15(13-5-2-1-3-6-13)11-20-18(22)16-8-4-7-14-9-10-19-17(14)16/h1-10,15,19,21H,11-12H2,(H,20,22)/t15-/m1/s1. The Morgan fingerprint density at radius 1 is 1.09 bits per heavy atom. The van der Waals surface area contributed by atoms with Gasteiger partial charge in [0.2, 0.25) is 0 Å². The van der Waals surface area contributed by atoms with E-state index in [1.165, 1.54) is 0 Å². The largest absolute Gasteiger partial charge is 0.396 e. The molecule has 3 N–H and O–H groups in total. The number of H-pyrrole nitrogens is 1. The van der Waals surface area contributed by atoms with E-state index in [0.29, 0.717) is 12.1 Å². The van der Waals surface area contributed by atoms with E-state index in [9.17, 15) is 9.90 Å². The van der Waals surface area contributed by atoms with Gasteiger partial charge in [-0.2, -0.15) is 0 Å². The van der Waals surface area contributed by atoms with Gasteiger partial charge in [-0.25, -0.2) is 0 Å². The molecular weight excluding hydrogens is 276 g/mol. The second-order valence-corrected chi connectivity index (χ2v) is 5.25. The first-order chi connectivity index (χ1) is 10.8. The van der Waals surface area contributed by atoms with Crippen molar-refractivity contribution in [2.75, 3.05) is 13.2 Å². The molecule has 1 heterocycles. The summed E-state index contributed by atoms with van der Waals surface area (Å²) in [5, 5.41) is 13.5. The molecule has 4 nitrogen and oxygen atoms in total. The second kappa shape index (κ2) is 6.45. The second-order valence-electron chi connectivity index (χ2n) is 5.25. The summed E-state index contributed by atoms with van der Waals surface area (Å²) in [5.74, 6) is -0.240. The van der Waals surface area contributed by atoms with Crippen molar-refractivity contribution in [3.05, 3.63) is 71.9 Å². The van der Waals surface area contributed by atoms with Crippen molar-refractivity contribution in [3.63, 3.8) is 0 Å². The van der Waals surface area contributed by atoms with Crippen molar-refractivity contribution in [2.24, 2.45) is 0 Å². The number of rotatable bonds is 5. The predicted octanol–water partition coefficient (Wildman–Crippen LogP) is 2.67. The summed E-state index contributed by atoms with van der Waals surface area (Å²) in [7, 11) is 0. The van der Waals surface area contributed by atoms with E-state index in [1.54, 1.807) is 6.07 Å². The van der Waals surface area contributed by atoms with Gasteiger partial charge in [-0.1, -0.05) is 42.5 Å². The fourth-order valence-corrected chi connectivity index (χ4v) is 2.60. The summed E-state index contributed by atoms with van der Waals surface area (Å²) in [5.41, 5.74) is 2.47. The molecule has 1 amide bonds. The van der Waals surface area contributed by atoms with E-state index in [-0.39, 0.29) is 18.4 Å². The molecule has 0 aliphatic carbocycles. The van der Waals surface area contributed by atoms with E-state index in [4.69, 9.17) is 0 Å². The topological polar surface area (TPSA) is 65.1 Å². The van der Waals surface area contributed by atoms with Crippen molar-refractivity contribution in [3.8, 4) is 0 Å². The molecule has 3 rings (SSSR count). The van der Waals surface area contributed by atoms with Crippen molar-refractivity contribution in [1.82, 2.24) is 10.3 Å². The molecule has 0 fully saturated rings. The van der Waals surface area contributed by atoms with Gasteiger partial charge in [0.25, 0.3) is 5.91 Å². The van der Waals surface area contributed by atoms with Crippen LogP contribution < -0.4 is 5.32 Å². The minimum Gasteiger partial charge on any atom is -0.396 e. The molecule has 0 aliphatic heterocycles. The van der Waals surface area contributed by atoms with Gasteiger partial charge in [0.1, 0.15) is 0 Å². The van der Waals surface area contributed by atoms with Gasteiger partial charge < -0.3 is 15.4 Å². The third-order valence-electron chi connectivity index (χ3n) is 3.83. The Labute approximate surface area is 128 Å². The van der Waals surface area contributed by atoms with Gasteiger partial charge >= 0.3 is 0 Å². The zero-order valence-corrected chi connectivity index (χ0v) is 12.1. The number of nitrogens with one attached hydrogen (secondary N) is 2. The molecular formula is C18H18N2O2. The molecule has 112 valence electrons. The number of carbonyl (C=O) groups is 1. The van der Waals surface area contributed by atoms with E-state index in [2.05, 4.69) is 10.3 Å². The van der Waals surface area contributed by atoms with Crippen LogP contribution in [-0.4, -0.2) is 29.1 Å². The van der Waals surface area contributed by atoms with E-state index < -0.39 is 0 Å². The quantitative estimate of drug-likeness (QED) is 0.677. The lowest BCUT2D eigenvalue weighted by Gasteiger charge is -2.15. The maximum atomic E-state index is 12.4. The van der Waals surface area contributed by atoms with Crippen molar-refractivity contribution >= 4 is 16.8 Å². The normalized spacial score (nSPS) is 12.2. The van der Waals surface area contributed by atoms with E-state index >= 15 is 0 Å². The SMILES string of the molecule is O=C(NC[C@H](CO)c1ccccc1)c1cccc2cc[nH]c12. The van der Waals surface area contributed by atoms with Crippen LogP contribution in [0.15, 0.2) is 60.8 Å². The number of hydrogen-bond donors (Lipinski definition) is 3. The Morgan fingerprint density at radius 3 is 2.68 bits per heavy atom. The molecule has 2 aromatic carbocycles. The monoisotopic (exact) mass is 294 g/mol. The first kappa shape index (κ1) is 14.4. The highest BCUT2D eigenvalue weighted by atomic mass is 16.3. The van der Waals surface area contributed by atoms with Gasteiger partial charge in [-0.3, -0.25) is 4.79 Å². The van der Waals surface area contributed by atoms with Gasteiger partial charge in [-0.15, -0.1) is 0 Å². The molecule has 0 saturated heterocycles. The maximum absolute atomic E-state index is 12.4. The number of aromatic nitrogens is 1. The third kappa shape index (κ3) is 2.87. The first-order valence-corrected chi connectivity index (χ1v) is 7.29. The first-order valence-electron chi connectivity index (χ1n) is 7.29. The highest BCUT2D eigenvalue weighted by molar-refractivity contribution is 6.05.